The summed E-state index contributed by atoms with van der Waals surface area (Å²) in [5.41, 5.74) is 9.56. The van der Waals surface area contributed by atoms with E-state index in [4.69, 9.17) is 22.1 Å². The molecule has 4 rings (SSSR count). The molecule has 0 aliphatic rings. The topological polar surface area (TPSA) is 90.9 Å². The number of aryl methyl sites for hydroxylation is 1. The monoisotopic (exact) mass is 380 g/mol. The van der Waals surface area contributed by atoms with E-state index < -0.39 is 0 Å². The molecule has 0 spiro atoms. The zero-order valence-corrected chi connectivity index (χ0v) is 15.3. The van der Waals surface area contributed by atoms with Crippen molar-refractivity contribution < 1.29 is 4.74 Å². The van der Waals surface area contributed by atoms with Crippen molar-refractivity contribution in [3.05, 3.63) is 65.6 Å². The molecule has 0 radical (unpaired) electrons. The van der Waals surface area contributed by atoms with E-state index >= 15 is 0 Å². The largest absolute Gasteiger partial charge is 0.439 e. The number of nitrogen functional groups attached to an aromatic ring is 1. The maximum Gasteiger partial charge on any atom is 0.223 e. The van der Waals surface area contributed by atoms with E-state index in [9.17, 15) is 0 Å². The predicted molar refractivity (Wildman–Crippen MR) is 106 cm³/mol. The van der Waals surface area contributed by atoms with Crippen LogP contribution in [-0.4, -0.2) is 19.5 Å². The number of anilines is 2. The number of imidazole rings is 1. The zero-order chi connectivity index (χ0) is 18.8. The van der Waals surface area contributed by atoms with Crippen molar-refractivity contribution in [3.8, 4) is 11.6 Å². The number of nitrogens with zero attached hydrogens (tertiary/aromatic N) is 4. The van der Waals surface area contributed by atoms with Gasteiger partial charge in [0.2, 0.25) is 11.8 Å². The average Bonchev–Trinajstić information content (AvgIpc) is 2.97. The number of benzene rings is 2. The van der Waals surface area contributed by atoms with Crippen molar-refractivity contribution in [2.75, 3.05) is 11.1 Å². The SMILES string of the molecule is Cn1c(NCc2ccc(Oc3cc(Cl)ncn3)cc2)nc2ccc(N)cc21. The number of aromatic nitrogens is 4. The summed E-state index contributed by atoms with van der Waals surface area (Å²) in [6, 6.07) is 15.0. The van der Waals surface area contributed by atoms with Crippen molar-refractivity contribution in [3.63, 3.8) is 0 Å². The van der Waals surface area contributed by atoms with Crippen molar-refractivity contribution in [1.29, 1.82) is 0 Å². The van der Waals surface area contributed by atoms with Crippen LogP contribution in [0.3, 0.4) is 0 Å². The molecule has 0 aliphatic carbocycles. The molecule has 3 N–H and O–H groups in total. The third kappa shape index (κ3) is 3.78. The van der Waals surface area contributed by atoms with Gasteiger partial charge in [0, 0.05) is 25.3 Å². The molecular formula is C19H17ClN6O. The lowest BCUT2D eigenvalue weighted by molar-refractivity contribution is 0.461. The van der Waals surface area contributed by atoms with E-state index in [-0.39, 0.29) is 0 Å². The Hall–Kier alpha value is -3.32. The van der Waals surface area contributed by atoms with Crippen LogP contribution in [-0.2, 0) is 13.6 Å². The first kappa shape index (κ1) is 17.1. The molecule has 0 amide bonds. The standard InChI is InChI=1S/C19H17ClN6O/c1-26-16-8-13(21)4-7-15(16)25-19(26)22-10-12-2-5-14(6-3-12)27-18-9-17(20)23-11-24-18/h2-9,11H,10,21H2,1H3,(H,22,25). The summed E-state index contributed by atoms with van der Waals surface area (Å²) in [5.74, 6) is 1.86. The average molecular weight is 381 g/mol. The van der Waals surface area contributed by atoms with E-state index in [1.54, 1.807) is 6.07 Å². The van der Waals surface area contributed by atoms with Crippen LogP contribution in [0, 0.1) is 0 Å². The highest BCUT2D eigenvalue weighted by atomic mass is 35.5. The number of nitrogens with one attached hydrogen (secondary N) is 1. The van der Waals surface area contributed by atoms with Crippen molar-refractivity contribution in [2.45, 2.75) is 6.54 Å². The number of hydrogen-bond donors (Lipinski definition) is 2. The third-order valence-electron chi connectivity index (χ3n) is 4.11. The molecule has 2 aromatic carbocycles. The summed E-state index contributed by atoms with van der Waals surface area (Å²) in [7, 11) is 1.96. The highest BCUT2D eigenvalue weighted by Gasteiger charge is 2.08. The molecule has 2 aromatic heterocycles. The molecular weight excluding hydrogens is 364 g/mol. The highest BCUT2D eigenvalue weighted by Crippen LogP contribution is 2.23. The Labute approximate surface area is 160 Å². The maximum atomic E-state index is 5.86. The van der Waals surface area contributed by atoms with Gasteiger partial charge in [0.1, 0.15) is 17.2 Å². The molecule has 2 heterocycles. The van der Waals surface area contributed by atoms with Gasteiger partial charge in [-0.15, -0.1) is 0 Å². The van der Waals surface area contributed by atoms with Gasteiger partial charge in [-0.2, -0.15) is 0 Å². The Kier molecular flexibility index (Phi) is 4.52. The Morgan fingerprint density at radius 3 is 2.70 bits per heavy atom. The third-order valence-corrected chi connectivity index (χ3v) is 4.32. The van der Waals surface area contributed by atoms with Crippen LogP contribution >= 0.6 is 11.6 Å². The molecule has 8 heteroatoms. The minimum atomic E-state index is 0.338. The van der Waals surface area contributed by atoms with E-state index in [0.717, 1.165) is 28.2 Å². The normalized spacial score (nSPS) is 10.9. The van der Waals surface area contributed by atoms with Crippen molar-refractivity contribution in [2.24, 2.45) is 7.05 Å². The van der Waals surface area contributed by atoms with Gasteiger partial charge in [-0.1, -0.05) is 23.7 Å². The van der Waals surface area contributed by atoms with E-state index in [1.165, 1.54) is 6.33 Å². The van der Waals surface area contributed by atoms with E-state index in [0.29, 0.717) is 23.3 Å². The number of fused-ring (bicyclic) bond motifs is 1. The number of hydrogen-bond acceptors (Lipinski definition) is 6. The van der Waals surface area contributed by atoms with Gasteiger partial charge in [-0.3, -0.25) is 0 Å². The van der Waals surface area contributed by atoms with Crippen LogP contribution in [0.15, 0.2) is 54.9 Å². The Balaban J connectivity index is 1.44. The van der Waals surface area contributed by atoms with Gasteiger partial charge < -0.3 is 20.4 Å². The van der Waals surface area contributed by atoms with Crippen LogP contribution < -0.4 is 15.8 Å². The zero-order valence-electron chi connectivity index (χ0n) is 14.6. The van der Waals surface area contributed by atoms with Gasteiger partial charge in [-0.25, -0.2) is 15.0 Å². The minimum Gasteiger partial charge on any atom is -0.439 e. The fraction of sp³-hybridized carbons (Fsp3) is 0.105. The smallest absolute Gasteiger partial charge is 0.223 e. The quantitative estimate of drug-likeness (QED) is 0.401. The lowest BCUT2D eigenvalue weighted by Gasteiger charge is -2.08. The molecule has 0 saturated heterocycles. The Bertz CT molecular complexity index is 1090. The first-order valence-electron chi connectivity index (χ1n) is 8.29. The molecule has 0 atom stereocenters. The second-order valence-electron chi connectivity index (χ2n) is 6.02. The maximum absolute atomic E-state index is 5.86. The lowest BCUT2D eigenvalue weighted by atomic mass is 10.2. The summed E-state index contributed by atoms with van der Waals surface area (Å²) < 4.78 is 7.65. The van der Waals surface area contributed by atoms with Crippen LogP contribution in [0.1, 0.15) is 5.56 Å². The van der Waals surface area contributed by atoms with E-state index in [2.05, 4.69) is 20.3 Å². The fourth-order valence-corrected chi connectivity index (χ4v) is 2.85. The second-order valence-corrected chi connectivity index (χ2v) is 6.41. The molecule has 7 nitrogen and oxygen atoms in total. The molecule has 0 bridgehead atoms. The van der Waals surface area contributed by atoms with Crippen LogP contribution in [0.4, 0.5) is 11.6 Å². The van der Waals surface area contributed by atoms with Crippen LogP contribution in [0.5, 0.6) is 11.6 Å². The molecule has 0 fully saturated rings. The van der Waals surface area contributed by atoms with Gasteiger partial charge >= 0.3 is 0 Å². The number of rotatable bonds is 5. The van der Waals surface area contributed by atoms with Gasteiger partial charge in [0.15, 0.2) is 0 Å². The second kappa shape index (κ2) is 7.13. The molecule has 27 heavy (non-hydrogen) atoms. The molecule has 136 valence electrons. The molecule has 0 aliphatic heterocycles. The van der Waals surface area contributed by atoms with Gasteiger partial charge in [-0.05, 0) is 35.9 Å². The summed E-state index contributed by atoms with van der Waals surface area (Å²) in [6.45, 7) is 0.631. The van der Waals surface area contributed by atoms with Gasteiger partial charge in [0.05, 0.1) is 11.0 Å². The van der Waals surface area contributed by atoms with Crippen molar-refractivity contribution in [1.82, 2.24) is 19.5 Å². The summed E-state index contributed by atoms with van der Waals surface area (Å²) in [5, 5.41) is 3.68. The van der Waals surface area contributed by atoms with Crippen LogP contribution in [0.25, 0.3) is 11.0 Å². The summed E-state index contributed by atoms with van der Waals surface area (Å²) >= 11 is 5.83. The Morgan fingerprint density at radius 2 is 1.93 bits per heavy atom. The number of ether oxygens (including phenoxy) is 1. The van der Waals surface area contributed by atoms with E-state index in [1.807, 2.05) is 54.1 Å². The van der Waals surface area contributed by atoms with Crippen LogP contribution in [0.2, 0.25) is 5.15 Å². The predicted octanol–water partition coefficient (Wildman–Crippen LogP) is 4.00. The number of nitrogens with two attached hydrogens (primary N) is 1. The summed E-state index contributed by atoms with van der Waals surface area (Å²) in [6.07, 6.45) is 1.36. The van der Waals surface area contributed by atoms with Gasteiger partial charge in [0.25, 0.3) is 0 Å². The number of halogens is 1. The molecule has 0 saturated carbocycles. The molecule has 4 aromatic rings. The minimum absolute atomic E-state index is 0.338. The first-order valence-corrected chi connectivity index (χ1v) is 8.66. The van der Waals surface area contributed by atoms with Crippen molar-refractivity contribution >= 4 is 34.3 Å². The highest BCUT2D eigenvalue weighted by molar-refractivity contribution is 6.29. The Morgan fingerprint density at radius 1 is 1.11 bits per heavy atom. The first-order chi connectivity index (χ1) is 13.1. The fourth-order valence-electron chi connectivity index (χ4n) is 2.72. The lowest BCUT2D eigenvalue weighted by Crippen LogP contribution is -2.04. The molecule has 0 unspecified atom stereocenters. The summed E-state index contributed by atoms with van der Waals surface area (Å²) in [4.78, 5) is 12.4.